The van der Waals surface area contributed by atoms with E-state index < -0.39 is 11.6 Å². The molecule has 1 aliphatic rings. The van der Waals surface area contributed by atoms with E-state index >= 15 is 0 Å². The third-order valence-corrected chi connectivity index (χ3v) is 3.77. The lowest BCUT2D eigenvalue weighted by Crippen LogP contribution is -2.34. The topological polar surface area (TPSA) is 23.5 Å². The predicted molar refractivity (Wildman–Crippen MR) is 67.5 cm³/mol. The second kappa shape index (κ2) is 5.65. The standard InChI is InChI=1S/C14H19F2NO/c1-2-10-3-5-17(6-4-10)14-12(15)7-11(9-18)8-13(14)16/h7-8,10,18H,2-6,9H2,1H3. The number of benzene rings is 1. The summed E-state index contributed by atoms with van der Waals surface area (Å²) >= 11 is 0. The van der Waals surface area contributed by atoms with Gasteiger partial charge in [-0.15, -0.1) is 0 Å². The summed E-state index contributed by atoms with van der Waals surface area (Å²) in [5.74, 6) is -0.480. The molecule has 1 aromatic carbocycles. The van der Waals surface area contributed by atoms with Crippen LogP contribution in [0, 0.1) is 17.6 Å². The Morgan fingerprint density at radius 1 is 1.22 bits per heavy atom. The number of aliphatic hydroxyl groups is 1. The van der Waals surface area contributed by atoms with Gasteiger partial charge in [0.15, 0.2) is 0 Å². The summed E-state index contributed by atoms with van der Waals surface area (Å²) in [6, 6.07) is 2.43. The maximum atomic E-state index is 13.9. The van der Waals surface area contributed by atoms with Crippen LogP contribution in [0.1, 0.15) is 31.7 Å². The number of anilines is 1. The van der Waals surface area contributed by atoms with E-state index in [1.54, 1.807) is 4.90 Å². The Hall–Kier alpha value is -1.16. The van der Waals surface area contributed by atoms with E-state index in [1.165, 1.54) is 12.1 Å². The van der Waals surface area contributed by atoms with Crippen LogP contribution in [0.25, 0.3) is 0 Å². The van der Waals surface area contributed by atoms with E-state index in [-0.39, 0.29) is 17.9 Å². The van der Waals surface area contributed by atoms with Gasteiger partial charge >= 0.3 is 0 Å². The molecule has 0 unspecified atom stereocenters. The lowest BCUT2D eigenvalue weighted by atomic mass is 9.94. The van der Waals surface area contributed by atoms with Crippen LogP contribution in [0.4, 0.5) is 14.5 Å². The first-order chi connectivity index (χ1) is 8.65. The molecule has 0 bridgehead atoms. The first-order valence-corrected chi connectivity index (χ1v) is 6.49. The third kappa shape index (κ3) is 2.64. The summed E-state index contributed by atoms with van der Waals surface area (Å²) in [5, 5.41) is 8.91. The minimum absolute atomic E-state index is 0.0572. The number of aliphatic hydroxyl groups excluding tert-OH is 1. The average molecular weight is 255 g/mol. The van der Waals surface area contributed by atoms with Crippen molar-refractivity contribution in [3.8, 4) is 0 Å². The highest BCUT2D eigenvalue weighted by Gasteiger charge is 2.23. The highest BCUT2D eigenvalue weighted by Crippen LogP contribution is 2.30. The van der Waals surface area contributed by atoms with Gasteiger partial charge in [-0.1, -0.05) is 13.3 Å². The zero-order valence-electron chi connectivity index (χ0n) is 10.6. The smallest absolute Gasteiger partial charge is 0.149 e. The molecule has 0 atom stereocenters. The van der Waals surface area contributed by atoms with Crippen LogP contribution in [0.2, 0.25) is 0 Å². The van der Waals surface area contributed by atoms with E-state index in [4.69, 9.17) is 5.11 Å². The van der Waals surface area contributed by atoms with Crippen LogP contribution < -0.4 is 4.90 Å². The van der Waals surface area contributed by atoms with E-state index in [9.17, 15) is 8.78 Å². The van der Waals surface area contributed by atoms with E-state index in [2.05, 4.69) is 6.92 Å². The Balaban J connectivity index is 2.19. The average Bonchev–Trinajstić information content (AvgIpc) is 2.38. The molecule has 18 heavy (non-hydrogen) atoms. The summed E-state index contributed by atoms with van der Waals surface area (Å²) in [6.45, 7) is 3.21. The molecule has 0 saturated carbocycles. The molecule has 1 heterocycles. The van der Waals surface area contributed by atoms with Crippen molar-refractivity contribution in [1.82, 2.24) is 0 Å². The molecule has 2 nitrogen and oxygen atoms in total. The Kier molecular flexibility index (Phi) is 4.17. The number of halogens is 2. The van der Waals surface area contributed by atoms with Gasteiger partial charge in [-0.25, -0.2) is 8.78 Å². The van der Waals surface area contributed by atoms with Gasteiger partial charge in [-0.05, 0) is 36.5 Å². The van der Waals surface area contributed by atoms with Gasteiger partial charge in [0.1, 0.15) is 17.3 Å². The second-order valence-corrected chi connectivity index (χ2v) is 4.90. The number of hydrogen-bond acceptors (Lipinski definition) is 2. The highest BCUT2D eigenvalue weighted by atomic mass is 19.1. The molecule has 1 aromatic rings. The van der Waals surface area contributed by atoms with Crippen LogP contribution in [-0.4, -0.2) is 18.2 Å². The Morgan fingerprint density at radius 2 is 1.78 bits per heavy atom. The van der Waals surface area contributed by atoms with Gasteiger partial charge < -0.3 is 10.0 Å². The highest BCUT2D eigenvalue weighted by molar-refractivity contribution is 5.51. The first kappa shape index (κ1) is 13.3. The monoisotopic (exact) mass is 255 g/mol. The number of hydrogen-bond donors (Lipinski definition) is 1. The molecule has 1 aliphatic heterocycles. The summed E-state index contributed by atoms with van der Waals surface area (Å²) in [5.41, 5.74) is 0.332. The summed E-state index contributed by atoms with van der Waals surface area (Å²) < 4.78 is 27.7. The molecule has 1 saturated heterocycles. The van der Waals surface area contributed by atoms with Crippen molar-refractivity contribution < 1.29 is 13.9 Å². The number of nitrogens with zero attached hydrogens (tertiary/aromatic N) is 1. The lowest BCUT2D eigenvalue weighted by Gasteiger charge is -2.33. The molecule has 0 spiro atoms. The molecule has 1 fully saturated rings. The van der Waals surface area contributed by atoms with Gasteiger partial charge in [0, 0.05) is 13.1 Å². The maximum absolute atomic E-state index is 13.9. The van der Waals surface area contributed by atoms with Crippen molar-refractivity contribution in [3.05, 3.63) is 29.3 Å². The minimum Gasteiger partial charge on any atom is -0.392 e. The molecule has 0 radical (unpaired) electrons. The van der Waals surface area contributed by atoms with Gasteiger partial charge in [0.05, 0.1) is 6.61 Å². The van der Waals surface area contributed by atoms with E-state index in [0.29, 0.717) is 19.0 Å². The molecule has 0 aliphatic carbocycles. The molecule has 2 rings (SSSR count). The molecule has 0 aromatic heterocycles. The van der Waals surface area contributed by atoms with Gasteiger partial charge in [0.25, 0.3) is 0 Å². The third-order valence-electron chi connectivity index (χ3n) is 3.77. The van der Waals surface area contributed by atoms with Crippen molar-refractivity contribution in [1.29, 1.82) is 0 Å². The summed E-state index contributed by atoms with van der Waals surface area (Å²) in [7, 11) is 0. The van der Waals surface area contributed by atoms with Crippen molar-refractivity contribution >= 4 is 5.69 Å². The van der Waals surface area contributed by atoms with E-state index in [1.807, 2.05) is 0 Å². The van der Waals surface area contributed by atoms with Crippen molar-refractivity contribution in [2.75, 3.05) is 18.0 Å². The van der Waals surface area contributed by atoms with Gasteiger partial charge in [-0.3, -0.25) is 0 Å². The summed E-state index contributed by atoms with van der Waals surface area (Å²) in [4.78, 5) is 1.78. The number of rotatable bonds is 3. The molecular formula is C14H19F2NO. The fraction of sp³-hybridized carbons (Fsp3) is 0.571. The zero-order chi connectivity index (χ0) is 13.1. The Labute approximate surface area is 106 Å². The van der Waals surface area contributed by atoms with E-state index in [0.717, 1.165) is 19.3 Å². The van der Waals surface area contributed by atoms with Gasteiger partial charge in [0.2, 0.25) is 0 Å². The van der Waals surface area contributed by atoms with Crippen LogP contribution in [0.15, 0.2) is 12.1 Å². The van der Waals surface area contributed by atoms with Gasteiger partial charge in [-0.2, -0.15) is 0 Å². The fourth-order valence-electron chi connectivity index (χ4n) is 2.58. The van der Waals surface area contributed by atoms with Crippen LogP contribution in [0.3, 0.4) is 0 Å². The molecule has 0 amide bonds. The lowest BCUT2D eigenvalue weighted by molar-refractivity contribution is 0.280. The van der Waals surface area contributed by atoms with Crippen molar-refractivity contribution in [3.63, 3.8) is 0 Å². The zero-order valence-corrected chi connectivity index (χ0v) is 10.6. The maximum Gasteiger partial charge on any atom is 0.149 e. The quantitative estimate of drug-likeness (QED) is 0.897. The van der Waals surface area contributed by atoms with Crippen molar-refractivity contribution in [2.45, 2.75) is 32.8 Å². The fourth-order valence-corrected chi connectivity index (χ4v) is 2.58. The Bertz CT molecular complexity index is 391. The van der Waals surface area contributed by atoms with Crippen LogP contribution in [0.5, 0.6) is 0 Å². The SMILES string of the molecule is CCC1CCN(c2c(F)cc(CO)cc2F)CC1. The Morgan fingerprint density at radius 3 is 2.22 bits per heavy atom. The first-order valence-electron chi connectivity index (χ1n) is 6.49. The number of piperidine rings is 1. The van der Waals surface area contributed by atoms with Crippen LogP contribution >= 0.6 is 0 Å². The normalized spacial score (nSPS) is 17.2. The van der Waals surface area contributed by atoms with Crippen molar-refractivity contribution in [2.24, 2.45) is 5.92 Å². The molecular weight excluding hydrogens is 236 g/mol. The summed E-state index contributed by atoms with van der Waals surface area (Å²) in [6.07, 6.45) is 3.09. The van der Waals surface area contributed by atoms with Crippen LogP contribution in [-0.2, 0) is 6.61 Å². The largest absolute Gasteiger partial charge is 0.392 e. The molecule has 4 heteroatoms. The molecule has 1 N–H and O–H groups in total. The predicted octanol–water partition coefficient (Wildman–Crippen LogP) is 3.08. The second-order valence-electron chi connectivity index (χ2n) is 4.90. The molecule has 100 valence electrons. The minimum atomic E-state index is -0.575.